The lowest BCUT2D eigenvalue weighted by molar-refractivity contribution is 0.146. The number of nitrogens with zero attached hydrogens (tertiary/aromatic N) is 5. The van der Waals surface area contributed by atoms with Crippen LogP contribution < -0.4 is 0 Å². The zero-order valence-electron chi connectivity index (χ0n) is 13.2. The molecule has 0 saturated heterocycles. The molecule has 4 heterocycles. The summed E-state index contributed by atoms with van der Waals surface area (Å²) in [5.74, 6) is 0.988. The van der Waals surface area contributed by atoms with Gasteiger partial charge in [0, 0.05) is 38.1 Å². The zero-order valence-corrected chi connectivity index (χ0v) is 14.0. The molecule has 0 radical (unpaired) electrons. The second kappa shape index (κ2) is 5.90. The Kier molecular flexibility index (Phi) is 3.74. The van der Waals surface area contributed by atoms with Crippen molar-refractivity contribution in [2.75, 3.05) is 6.54 Å². The minimum Gasteiger partial charge on any atom is -0.453 e. The largest absolute Gasteiger partial charge is 0.453 e. The number of aryl methyl sites for hydroxylation is 1. The summed E-state index contributed by atoms with van der Waals surface area (Å²) in [6, 6.07) is 8.79. The fraction of sp³-hybridized carbons (Fsp3) is 0.375. The highest BCUT2D eigenvalue weighted by Crippen LogP contribution is 2.30. The lowest BCUT2D eigenvalue weighted by Gasteiger charge is -2.34. The number of furan rings is 1. The molecular formula is C16H19N5OS. The van der Waals surface area contributed by atoms with Gasteiger partial charge in [-0.3, -0.25) is 4.90 Å². The van der Waals surface area contributed by atoms with Crippen molar-refractivity contribution >= 4 is 11.8 Å². The molecule has 1 atom stereocenters. The molecule has 0 N–H and O–H groups in total. The number of hydrogen-bond acceptors (Lipinski definition) is 5. The van der Waals surface area contributed by atoms with Gasteiger partial charge in [-0.15, -0.1) is 10.2 Å². The van der Waals surface area contributed by atoms with E-state index in [0.717, 1.165) is 35.6 Å². The molecule has 0 bridgehead atoms. The molecule has 0 saturated carbocycles. The van der Waals surface area contributed by atoms with Crippen molar-refractivity contribution in [3.63, 3.8) is 0 Å². The molecule has 4 rings (SSSR count). The highest BCUT2D eigenvalue weighted by atomic mass is 32.2. The van der Waals surface area contributed by atoms with E-state index in [1.54, 1.807) is 6.33 Å². The fourth-order valence-electron chi connectivity index (χ4n) is 3.00. The van der Waals surface area contributed by atoms with Crippen molar-refractivity contribution < 1.29 is 4.42 Å². The van der Waals surface area contributed by atoms with E-state index >= 15 is 0 Å². The predicted octanol–water partition coefficient (Wildman–Crippen LogP) is 2.94. The minimum absolute atomic E-state index is 0.402. The maximum atomic E-state index is 5.97. The van der Waals surface area contributed by atoms with Gasteiger partial charge in [0.15, 0.2) is 10.2 Å². The molecule has 1 aliphatic rings. The maximum absolute atomic E-state index is 5.97. The first kappa shape index (κ1) is 14.6. The minimum atomic E-state index is 0.402. The first-order chi connectivity index (χ1) is 11.2. The van der Waals surface area contributed by atoms with Gasteiger partial charge in [0.25, 0.3) is 0 Å². The third-order valence-corrected chi connectivity index (χ3v) is 5.30. The Morgan fingerprint density at radius 1 is 1.30 bits per heavy atom. The summed E-state index contributed by atoms with van der Waals surface area (Å²) in [7, 11) is 1.93. The highest BCUT2D eigenvalue weighted by Gasteiger charge is 2.24. The Morgan fingerprint density at radius 3 is 3.04 bits per heavy atom. The van der Waals surface area contributed by atoms with Gasteiger partial charge in [-0.1, -0.05) is 0 Å². The van der Waals surface area contributed by atoms with E-state index in [0.29, 0.717) is 6.04 Å². The van der Waals surface area contributed by atoms with Crippen LogP contribution in [-0.4, -0.2) is 30.8 Å². The summed E-state index contributed by atoms with van der Waals surface area (Å²) in [5, 5.41) is 9.63. The first-order valence-electron chi connectivity index (χ1n) is 7.70. The van der Waals surface area contributed by atoms with Crippen LogP contribution in [0.4, 0.5) is 0 Å². The van der Waals surface area contributed by atoms with Gasteiger partial charge in [0.2, 0.25) is 0 Å². The second-order valence-electron chi connectivity index (χ2n) is 5.82. The summed E-state index contributed by atoms with van der Waals surface area (Å²) >= 11 is 1.49. The van der Waals surface area contributed by atoms with Crippen molar-refractivity contribution in [1.29, 1.82) is 0 Å². The van der Waals surface area contributed by atoms with Gasteiger partial charge in [-0.25, -0.2) is 0 Å². The molecule has 1 aliphatic heterocycles. The van der Waals surface area contributed by atoms with Crippen molar-refractivity contribution in [2.24, 2.45) is 7.05 Å². The van der Waals surface area contributed by atoms with E-state index in [4.69, 9.17) is 4.42 Å². The van der Waals surface area contributed by atoms with Crippen molar-refractivity contribution in [3.05, 3.63) is 48.2 Å². The molecule has 23 heavy (non-hydrogen) atoms. The Labute approximate surface area is 139 Å². The van der Waals surface area contributed by atoms with Crippen molar-refractivity contribution in [3.8, 4) is 0 Å². The fourth-order valence-corrected chi connectivity index (χ4v) is 3.74. The van der Waals surface area contributed by atoms with Crippen LogP contribution in [0.2, 0.25) is 0 Å². The van der Waals surface area contributed by atoms with Crippen molar-refractivity contribution in [1.82, 2.24) is 24.2 Å². The third kappa shape index (κ3) is 2.82. The number of rotatable bonds is 4. The SMILES string of the molecule is CC1c2cccn2CCN1Cc1ccc(Sc2nncn2C)o1. The molecule has 0 spiro atoms. The lowest BCUT2D eigenvalue weighted by atomic mass is 10.1. The van der Waals surface area contributed by atoms with Crippen molar-refractivity contribution in [2.45, 2.75) is 36.3 Å². The zero-order chi connectivity index (χ0) is 15.8. The molecule has 3 aromatic heterocycles. The van der Waals surface area contributed by atoms with E-state index in [1.807, 2.05) is 17.7 Å². The quantitative estimate of drug-likeness (QED) is 0.736. The van der Waals surface area contributed by atoms with E-state index in [2.05, 4.69) is 51.0 Å². The topological polar surface area (TPSA) is 52.0 Å². The summed E-state index contributed by atoms with van der Waals surface area (Å²) in [6.07, 6.45) is 3.85. The van der Waals surface area contributed by atoms with Crippen LogP contribution in [0.1, 0.15) is 24.4 Å². The molecule has 0 amide bonds. The molecule has 0 fully saturated rings. The summed E-state index contributed by atoms with van der Waals surface area (Å²) < 4.78 is 10.2. The van der Waals surface area contributed by atoms with E-state index in [-0.39, 0.29) is 0 Å². The van der Waals surface area contributed by atoms with Gasteiger partial charge in [-0.05, 0) is 43.0 Å². The lowest BCUT2D eigenvalue weighted by Crippen LogP contribution is -2.35. The average Bonchev–Trinajstić information content (AvgIpc) is 3.25. The Balaban J connectivity index is 1.45. The monoisotopic (exact) mass is 329 g/mol. The third-order valence-electron chi connectivity index (χ3n) is 4.33. The molecule has 0 aromatic carbocycles. The highest BCUT2D eigenvalue weighted by molar-refractivity contribution is 7.99. The van der Waals surface area contributed by atoms with Crippen LogP contribution in [0.25, 0.3) is 0 Å². The molecule has 6 nitrogen and oxygen atoms in total. The number of aromatic nitrogens is 4. The van der Waals surface area contributed by atoms with Crippen LogP contribution in [-0.2, 0) is 20.1 Å². The average molecular weight is 329 g/mol. The van der Waals surface area contributed by atoms with Gasteiger partial charge < -0.3 is 13.6 Å². The number of fused-ring (bicyclic) bond motifs is 1. The smallest absolute Gasteiger partial charge is 0.198 e. The van der Waals surface area contributed by atoms with Crippen LogP contribution in [0.3, 0.4) is 0 Å². The molecule has 7 heteroatoms. The Hall–Kier alpha value is -1.99. The summed E-state index contributed by atoms with van der Waals surface area (Å²) in [4.78, 5) is 2.45. The van der Waals surface area contributed by atoms with Crippen LogP contribution in [0.15, 0.2) is 51.5 Å². The second-order valence-corrected chi connectivity index (χ2v) is 6.79. The van der Waals surface area contributed by atoms with Crippen LogP contribution >= 0.6 is 11.8 Å². The predicted molar refractivity (Wildman–Crippen MR) is 87.1 cm³/mol. The normalized spacial score (nSPS) is 18.3. The molecule has 0 aliphatic carbocycles. The van der Waals surface area contributed by atoms with Gasteiger partial charge in [0.05, 0.1) is 6.54 Å². The standard InChI is InChI=1S/C16H19N5OS/c1-12-14-4-3-7-20(14)8-9-21(12)10-13-5-6-15(22-13)23-16-18-17-11-19(16)2/h3-7,11-12H,8-10H2,1-2H3. The summed E-state index contributed by atoms with van der Waals surface area (Å²) in [5.41, 5.74) is 1.37. The molecular weight excluding hydrogens is 310 g/mol. The summed E-state index contributed by atoms with van der Waals surface area (Å²) in [6.45, 7) is 5.15. The number of hydrogen-bond donors (Lipinski definition) is 0. The molecule has 120 valence electrons. The van der Waals surface area contributed by atoms with Crippen LogP contribution in [0.5, 0.6) is 0 Å². The van der Waals surface area contributed by atoms with Crippen LogP contribution in [0, 0.1) is 0 Å². The maximum Gasteiger partial charge on any atom is 0.198 e. The van der Waals surface area contributed by atoms with E-state index in [1.165, 1.54) is 17.5 Å². The van der Waals surface area contributed by atoms with Gasteiger partial charge in [-0.2, -0.15) is 0 Å². The van der Waals surface area contributed by atoms with Gasteiger partial charge in [0.1, 0.15) is 12.1 Å². The Morgan fingerprint density at radius 2 is 2.22 bits per heavy atom. The van der Waals surface area contributed by atoms with E-state index < -0.39 is 0 Å². The molecule has 3 aromatic rings. The van der Waals surface area contributed by atoms with Gasteiger partial charge >= 0.3 is 0 Å². The first-order valence-corrected chi connectivity index (χ1v) is 8.52. The Bertz CT molecular complexity index is 805. The van der Waals surface area contributed by atoms with E-state index in [9.17, 15) is 0 Å². The molecule has 1 unspecified atom stereocenters.